The van der Waals surface area contributed by atoms with Crippen LogP contribution in [0.2, 0.25) is 5.02 Å². The quantitative estimate of drug-likeness (QED) is 0.540. The van der Waals surface area contributed by atoms with Crippen LogP contribution in [0.25, 0.3) is 0 Å². The SMILES string of the molecule is Cc1ccc([C@@H](NC(=O)[C@@H]2CCCN(S(=O)(=O)c3ccc(Cl)cc3)C2)c2ccccc2)cc1. The van der Waals surface area contributed by atoms with Gasteiger partial charge in [-0.2, -0.15) is 4.31 Å². The zero-order valence-corrected chi connectivity index (χ0v) is 20.0. The van der Waals surface area contributed by atoms with E-state index in [1.165, 1.54) is 16.4 Å². The molecule has 1 aliphatic heterocycles. The summed E-state index contributed by atoms with van der Waals surface area (Å²) in [7, 11) is -3.69. The minimum atomic E-state index is -3.69. The highest BCUT2D eigenvalue weighted by molar-refractivity contribution is 7.89. The summed E-state index contributed by atoms with van der Waals surface area (Å²) in [5.41, 5.74) is 3.12. The predicted octanol–water partition coefficient (Wildman–Crippen LogP) is 4.95. The Balaban J connectivity index is 1.53. The van der Waals surface area contributed by atoms with Gasteiger partial charge in [-0.3, -0.25) is 4.79 Å². The van der Waals surface area contributed by atoms with Crippen LogP contribution in [0.15, 0.2) is 83.8 Å². The number of hydrogen-bond donors (Lipinski definition) is 1. The van der Waals surface area contributed by atoms with E-state index in [9.17, 15) is 13.2 Å². The lowest BCUT2D eigenvalue weighted by Gasteiger charge is -2.32. The average Bonchev–Trinajstić information content (AvgIpc) is 2.84. The Morgan fingerprint density at radius 2 is 1.61 bits per heavy atom. The number of hydrogen-bond acceptors (Lipinski definition) is 3. The summed E-state index contributed by atoms with van der Waals surface area (Å²) in [5, 5.41) is 3.66. The highest BCUT2D eigenvalue weighted by Crippen LogP contribution is 2.27. The van der Waals surface area contributed by atoms with Gasteiger partial charge in [0.05, 0.1) is 16.9 Å². The number of halogens is 1. The van der Waals surface area contributed by atoms with E-state index >= 15 is 0 Å². The third-order valence-electron chi connectivity index (χ3n) is 6.04. The van der Waals surface area contributed by atoms with Gasteiger partial charge in [0.25, 0.3) is 0 Å². The average molecular weight is 483 g/mol. The molecule has 33 heavy (non-hydrogen) atoms. The maximum absolute atomic E-state index is 13.3. The number of nitrogens with one attached hydrogen (secondary N) is 1. The van der Waals surface area contributed by atoms with E-state index in [1.807, 2.05) is 61.5 Å². The van der Waals surface area contributed by atoms with Crippen LogP contribution >= 0.6 is 11.6 Å². The molecule has 3 aromatic rings. The first-order valence-corrected chi connectivity index (χ1v) is 12.8. The minimum Gasteiger partial charge on any atom is -0.345 e. The lowest BCUT2D eigenvalue weighted by atomic mass is 9.94. The topological polar surface area (TPSA) is 66.5 Å². The zero-order chi connectivity index (χ0) is 23.4. The van der Waals surface area contributed by atoms with Gasteiger partial charge in [0.2, 0.25) is 15.9 Å². The lowest BCUT2D eigenvalue weighted by molar-refractivity contribution is -0.126. The Hall–Kier alpha value is -2.67. The van der Waals surface area contributed by atoms with Crippen LogP contribution in [0.3, 0.4) is 0 Å². The minimum absolute atomic E-state index is 0.138. The molecule has 1 saturated heterocycles. The van der Waals surface area contributed by atoms with Crippen LogP contribution in [0.1, 0.15) is 35.6 Å². The van der Waals surface area contributed by atoms with Gasteiger partial charge in [-0.05, 0) is 55.2 Å². The van der Waals surface area contributed by atoms with Gasteiger partial charge in [0, 0.05) is 18.1 Å². The molecule has 7 heteroatoms. The summed E-state index contributed by atoms with van der Waals surface area (Å²) < 4.78 is 27.6. The molecular weight excluding hydrogens is 456 g/mol. The van der Waals surface area contributed by atoms with Crippen LogP contribution in [-0.4, -0.2) is 31.7 Å². The molecule has 0 saturated carbocycles. The van der Waals surface area contributed by atoms with Gasteiger partial charge in [0.1, 0.15) is 0 Å². The van der Waals surface area contributed by atoms with Crippen molar-refractivity contribution in [1.82, 2.24) is 9.62 Å². The van der Waals surface area contributed by atoms with E-state index in [4.69, 9.17) is 11.6 Å². The number of carbonyl (C=O) groups excluding carboxylic acids is 1. The molecule has 1 fully saturated rings. The van der Waals surface area contributed by atoms with Gasteiger partial charge in [-0.15, -0.1) is 0 Å². The van der Waals surface area contributed by atoms with Crippen molar-refractivity contribution >= 4 is 27.5 Å². The van der Waals surface area contributed by atoms with Crippen molar-refractivity contribution in [2.24, 2.45) is 5.92 Å². The second-order valence-electron chi connectivity index (χ2n) is 8.42. The maximum Gasteiger partial charge on any atom is 0.243 e. The Bertz CT molecular complexity index is 1200. The van der Waals surface area contributed by atoms with Crippen molar-refractivity contribution in [3.05, 3.63) is 101 Å². The summed E-state index contributed by atoms with van der Waals surface area (Å²) in [5.74, 6) is -0.557. The highest BCUT2D eigenvalue weighted by Gasteiger charge is 2.34. The van der Waals surface area contributed by atoms with Crippen molar-refractivity contribution in [3.63, 3.8) is 0 Å². The molecule has 0 unspecified atom stereocenters. The molecule has 4 rings (SSSR count). The summed E-state index contributed by atoms with van der Waals surface area (Å²) in [6.07, 6.45) is 1.28. The van der Waals surface area contributed by atoms with Crippen molar-refractivity contribution in [3.8, 4) is 0 Å². The fraction of sp³-hybridized carbons (Fsp3) is 0.269. The van der Waals surface area contributed by atoms with Gasteiger partial charge in [0.15, 0.2) is 0 Å². The molecule has 0 bridgehead atoms. The van der Waals surface area contributed by atoms with E-state index in [-0.39, 0.29) is 23.4 Å². The number of piperidine rings is 1. The number of aryl methyl sites for hydroxylation is 1. The van der Waals surface area contributed by atoms with E-state index in [2.05, 4.69) is 5.32 Å². The van der Waals surface area contributed by atoms with E-state index in [0.29, 0.717) is 24.4 Å². The molecule has 2 atom stereocenters. The van der Waals surface area contributed by atoms with Crippen LogP contribution in [0.5, 0.6) is 0 Å². The summed E-state index contributed by atoms with van der Waals surface area (Å²) in [4.78, 5) is 13.5. The van der Waals surface area contributed by atoms with Crippen LogP contribution < -0.4 is 5.32 Å². The van der Waals surface area contributed by atoms with Crippen LogP contribution in [0, 0.1) is 12.8 Å². The first-order chi connectivity index (χ1) is 15.8. The number of sulfonamides is 1. The van der Waals surface area contributed by atoms with Crippen molar-refractivity contribution in [1.29, 1.82) is 0 Å². The molecule has 0 aromatic heterocycles. The van der Waals surface area contributed by atoms with Crippen molar-refractivity contribution in [2.45, 2.75) is 30.7 Å². The standard InChI is InChI=1S/C26H27ClN2O3S/c1-19-9-11-21(12-10-19)25(20-6-3-2-4-7-20)28-26(30)22-8-5-17-29(18-22)33(31,32)24-15-13-23(27)14-16-24/h2-4,6-7,9-16,22,25H,5,8,17-18H2,1H3,(H,28,30)/t22-,25+/m1/s1. The summed E-state index contributed by atoms with van der Waals surface area (Å²) >= 11 is 5.91. The first kappa shape index (κ1) is 23.5. The molecule has 1 heterocycles. The van der Waals surface area contributed by atoms with Crippen LogP contribution in [-0.2, 0) is 14.8 Å². The second-order valence-corrected chi connectivity index (χ2v) is 10.8. The van der Waals surface area contributed by atoms with Crippen molar-refractivity contribution in [2.75, 3.05) is 13.1 Å². The first-order valence-electron chi connectivity index (χ1n) is 11.0. The van der Waals surface area contributed by atoms with Gasteiger partial charge < -0.3 is 5.32 Å². The molecule has 0 radical (unpaired) electrons. The summed E-state index contributed by atoms with van der Waals surface area (Å²) in [6.45, 7) is 2.58. The third-order valence-corrected chi connectivity index (χ3v) is 8.17. The number of carbonyl (C=O) groups is 1. The van der Waals surface area contributed by atoms with Crippen molar-refractivity contribution < 1.29 is 13.2 Å². The Labute approximate surface area is 200 Å². The Morgan fingerprint density at radius 3 is 2.27 bits per heavy atom. The van der Waals surface area contributed by atoms with Gasteiger partial charge >= 0.3 is 0 Å². The third kappa shape index (κ3) is 5.46. The lowest BCUT2D eigenvalue weighted by Crippen LogP contribution is -2.46. The molecule has 1 aliphatic rings. The fourth-order valence-electron chi connectivity index (χ4n) is 4.15. The molecule has 1 N–H and O–H groups in total. The normalized spacial score (nSPS) is 17.9. The second kappa shape index (κ2) is 10.1. The molecule has 3 aromatic carbocycles. The monoisotopic (exact) mass is 482 g/mol. The molecule has 0 spiro atoms. The van der Waals surface area contributed by atoms with Gasteiger partial charge in [-0.25, -0.2) is 8.42 Å². The molecule has 0 aliphatic carbocycles. The zero-order valence-electron chi connectivity index (χ0n) is 18.4. The van der Waals surface area contributed by atoms with Crippen LogP contribution in [0.4, 0.5) is 0 Å². The Morgan fingerprint density at radius 1 is 0.970 bits per heavy atom. The molecular formula is C26H27ClN2O3S. The van der Waals surface area contributed by atoms with E-state index in [1.54, 1.807) is 12.1 Å². The van der Waals surface area contributed by atoms with Gasteiger partial charge in [-0.1, -0.05) is 71.8 Å². The maximum atomic E-state index is 13.3. The molecule has 5 nitrogen and oxygen atoms in total. The predicted molar refractivity (Wildman–Crippen MR) is 131 cm³/mol. The number of rotatable bonds is 6. The number of nitrogens with zero attached hydrogens (tertiary/aromatic N) is 1. The largest absolute Gasteiger partial charge is 0.345 e. The van der Waals surface area contributed by atoms with E-state index in [0.717, 1.165) is 16.7 Å². The van der Waals surface area contributed by atoms with E-state index < -0.39 is 15.9 Å². The highest BCUT2D eigenvalue weighted by atomic mass is 35.5. The smallest absolute Gasteiger partial charge is 0.243 e. The Kier molecular flexibility index (Phi) is 7.17. The molecule has 172 valence electrons. The summed E-state index contributed by atoms with van der Waals surface area (Å²) in [6, 6.07) is 23.7. The number of benzene rings is 3. The number of amides is 1. The molecule has 1 amide bonds. The fourth-order valence-corrected chi connectivity index (χ4v) is 5.80.